The van der Waals surface area contributed by atoms with Crippen LogP contribution in [-0.4, -0.2) is 52.5 Å². The molecule has 6 nitrogen and oxygen atoms in total. The van der Waals surface area contributed by atoms with Crippen LogP contribution in [-0.2, 0) is 4.79 Å². The van der Waals surface area contributed by atoms with Gasteiger partial charge in [0.25, 0.3) is 5.91 Å². The fourth-order valence-electron chi connectivity index (χ4n) is 2.67. The molecule has 118 valence electrons. The number of carbonyl (C=O) groups excluding carboxylic acids is 1. The van der Waals surface area contributed by atoms with Gasteiger partial charge in [-0.3, -0.25) is 9.78 Å². The summed E-state index contributed by atoms with van der Waals surface area (Å²) in [4.78, 5) is 29.4. The zero-order valence-corrected chi connectivity index (χ0v) is 12.5. The first kappa shape index (κ1) is 15.2. The number of hydrogen-bond donors (Lipinski definition) is 2. The summed E-state index contributed by atoms with van der Waals surface area (Å²) in [6.07, 6.45) is 3.46. The predicted molar refractivity (Wildman–Crippen MR) is 85.0 cm³/mol. The summed E-state index contributed by atoms with van der Waals surface area (Å²) in [5.74, 6) is -1.24. The highest BCUT2D eigenvalue weighted by atomic mass is 16.4. The molecular weight excluding hydrogens is 294 g/mol. The summed E-state index contributed by atoms with van der Waals surface area (Å²) in [5, 5.41) is 12.3. The summed E-state index contributed by atoms with van der Waals surface area (Å²) in [5.41, 5.74) is 2.42. The van der Waals surface area contributed by atoms with Gasteiger partial charge in [-0.25, -0.2) is 4.79 Å². The van der Waals surface area contributed by atoms with Crippen molar-refractivity contribution in [2.45, 2.75) is 6.04 Å². The number of aliphatic carboxylic acids is 1. The number of pyridine rings is 1. The molecule has 1 atom stereocenters. The third-order valence-electron chi connectivity index (χ3n) is 3.92. The molecule has 1 aliphatic rings. The average molecular weight is 311 g/mol. The third-order valence-corrected chi connectivity index (χ3v) is 3.92. The molecule has 2 aromatic rings. The number of benzene rings is 1. The Hall–Kier alpha value is -2.73. The lowest BCUT2D eigenvalue weighted by atomic mass is 10.0. The van der Waals surface area contributed by atoms with Gasteiger partial charge in [0.2, 0.25) is 0 Å². The van der Waals surface area contributed by atoms with Crippen molar-refractivity contribution in [3.8, 4) is 11.1 Å². The second-order valence-electron chi connectivity index (χ2n) is 5.38. The molecule has 1 amide bonds. The Labute approximate surface area is 133 Å². The van der Waals surface area contributed by atoms with Crippen LogP contribution in [0.25, 0.3) is 11.1 Å². The van der Waals surface area contributed by atoms with E-state index in [1.807, 2.05) is 24.3 Å². The molecule has 1 aliphatic heterocycles. The number of carbonyl (C=O) groups is 2. The van der Waals surface area contributed by atoms with E-state index in [-0.39, 0.29) is 12.5 Å². The fraction of sp³-hybridized carbons (Fsp3) is 0.235. The molecule has 0 bridgehead atoms. The molecule has 1 aromatic carbocycles. The second kappa shape index (κ2) is 6.58. The summed E-state index contributed by atoms with van der Waals surface area (Å²) >= 11 is 0. The Kier molecular flexibility index (Phi) is 4.34. The van der Waals surface area contributed by atoms with E-state index in [4.69, 9.17) is 0 Å². The second-order valence-corrected chi connectivity index (χ2v) is 5.38. The highest BCUT2D eigenvalue weighted by Gasteiger charge is 2.32. The summed E-state index contributed by atoms with van der Waals surface area (Å²) in [7, 11) is 0. The van der Waals surface area contributed by atoms with E-state index < -0.39 is 12.0 Å². The Balaban J connectivity index is 1.81. The van der Waals surface area contributed by atoms with Gasteiger partial charge in [-0.15, -0.1) is 0 Å². The van der Waals surface area contributed by atoms with Crippen LogP contribution in [0.3, 0.4) is 0 Å². The van der Waals surface area contributed by atoms with Crippen LogP contribution in [0.2, 0.25) is 0 Å². The van der Waals surface area contributed by atoms with E-state index in [2.05, 4.69) is 10.3 Å². The van der Waals surface area contributed by atoms with Crippen LogP contribution in [0.1, 0.15) is 10.4 Å². The van der Waals surface area contributed by atoms with E-state index in [0.717, 1.165) is 11.1 Å². The number of nitrogens with zero attached hydrogens (tertiary/aromatic N) is 2. The smallest absolute Gasteiger partial charge is 0.327 e. The normalized spacial score (nSPS) is 17.7. The van der Waals surface area contributed by atoms with Crippen molar-refractivity contribution in [2.24, 2.45) is 0 Å². The average Bonchev–Trinajstić information content (AvgIpc) is 2.62. The molecule has 6 heteroatoms. The lowest BCUT2D eigenvalue weighted by Crippen LogP contribution is -2.56. The molecule has 0 radical (unpaired) electrons. The molecule has 0 spiro atoms. The number of rotatable bonds is 3. The number of hydrogen-bond acceptors (Lipinski definition) is 4. The molecule has 0 saturated carbocycles. The van der Waals surface area contributed by atoms with Crippen LogP contribution in [0.15, 0.2) is 48.8 Å². The summed E-state index contributed by atoms with van der Waals surface area (Å²) < 4.78 is 0. The number of aromatic nitrogens is 1. The number of piperazine rings is 1. The topological polar surface area (TPSA) is 82.5 Å². The summed E-state index contributed by atoms with van der Waals surface area (Å²) in [6.45, 7) is 1.26. The van der Waals surface area contributed by atoms with Gasteiger partial charge in [-0.05, 0) is 29.3 Å². The molecule has 0 aliphatic carbocycles. The van der Waals surface area contributed by atoms with Crippen molar-refractivity contribution >= 4 is 11.9 Å². The SMILES string of the molecule is O=C(O)C1CNCCN1C(=O)c1ccc(-c2cccnc2)cc1. The Morgan fingerprint density at radius 3 is 2.61 bits per heavy atom. The van der Waals surface area contributed by atoms with Gasteiger partial charge in [0.05, 0.1) is 0 Å². The lowest BCUT2D eigenvalue weighted by molar-refractivity contribution is -0.142. The van der Waals surface area contributed by atoms with Gasteiger partial charge in [-0.1, -0.05) is 18.2 Å². The molecule has 1 saturated heterocycles. The quantitative estimate of drug-likeness (QED) is 0.891. The molecule has 2 heterocycles. The Morgan fingerprint density at radius 2 is 1.96 bits per heavy atom. The van der Waals surface area contributed by atoms with Crippen LogP contribution < -0.4 is 5.32 Å². The lowest BCUT2D eigenvalue weighted by Gasteiger charge is -2.33. The zero-order valence-electron chi connectivity index (χ0n) is 12.5. The number of carboxylic acids is 1. The predicted octanol–water partition coefficient (Wildman–Crippen LogP) is 1.25. The van der Waals surface area contributed by atoms with Crippen molar-refractivity contribution in [2.75, 3.05) is 19.6 Å². The maximum Gasteiger partial charge on any atom is 0.327 e. The molecule has 3 rings (SSSR count). The maximum atomic E-state index is 12.6. The summed E-state index contributed by atoms with van der Waals surface area (Å²) in [6, 6.07) is 10.1. The highest BCUT2D eigenvalue weighted by molar-refractivity contribution is 5.97. The standard InChI is InChI=1S/C17H17N3O3/c21-16(20-9-8-19-11-15(20)17(22)23)13-5-3-12(4-6-13)14-2-1-7-18-10-14/h1-7,10,15,19H,8-9,11H2,(H,22,23). The van der Waals surface area contributed by atoms with E-state index >= 15 is 0 Å². The number of nitrogens with one attached hydrogen (secondary N) is 1. The van der Waals surface area contributed by atoms with Gasteiger partial charge in [0.1, 0.15) is 6.04 Å². The monoisotopic (exact) mass is 311 g/mol. The molecule has 1 unspecified atom stereocenters. The van der Waals surface area contributed by atoms with E-state index in [0.29, 0.717) is 18.7 Å². The van der Waals surface area contributed by atoms with Crippen molar-refractivity contribution in [1.29, 1.82) is 0 Å². The van der Waals surface area contributed by atoms with Crippen molar-refractivity contribution in [3.05, 3.63) is 54.4 Å². The Morgan fingerprint density at radius 1 is 1.17 bits per heavy atom. The van der Waals surface area contributed by atoms with Crippen LogP contribution in [0, 0.1) is 0 Å². The van der Waals surface area contributed by atoms with Gasteiger partial charge in [-0.2, -0.15) is 0 Å². The molecule has 1 aromatic heterocycles. The fourth-order valence-corrected chi connectivity index (χ4v) is 2.67. The van der Waals surface area contributed by atoms with Gasteiger partial charge >= 0.3 is 5.97 Å². The van der Waals surface area contributed by atoms with E-state index in [9.17, 15) is 14.7 Å². The van der Waals surface area contributed by atoms with Crippen LogP contribution in [0.4, 0.5) is 0 Å². The molecule has 1 fully saturated rings. The molecular formula is C17H17N3O3. The van der Waals surface area contributed by atoms with E-state index in [1.165, 1.54) is 4.90 Å². The molecule has 2 N–H and O–H groups in total. The Bertz CT molecular complexity index is 701. The third kappa shape index (κ3) is 3.22. The van der Waals surface area contributed by atoms with E-state index in [1.54, 1.807) is 24.5 Å². The highest BCUT2D eigenvalue weighted by Crippen LogP contribution is 2.19. The number of carboxylic acid groups (broad SMARTS) is 1. The first-order valence-corrected chi connectivity index (χ1v) is 7.42. The van der Waals surface area contributed by atoms with Crippen molar-refractivity contribution in [1.82, 2.24) is 15.2 Å². The minimum atomic E-state index is -0.988. The van der Waals surface area contributed by atoms with Crippen molar-refractivity contribution < 1.29 is 14.7 Å². The van der Waals surface area contributed by atoms with Gasteiger partial charge in [0, 0.05) is 37.6 Å². The zero-order chi connectivity index (χ0) is 16.2. The van der Waals surface area contributed by atoms with Gasteiger partial charge in [0.15, 0.2) is 0 Å². The van der Waals surface area contributed by atoms with Crippen molar-refractivity contribution in [3.63, 3.8) is 0 Å². The maximum absolute atomic E-state index is 12.6. The van der Waals surface area contributed by atoms with Gasteiger partial charge < -0.3 is 15.3 Å². The largest absolute Gasteiger partial charge is 0.480 e. The first-order valence-electron chi connectivity index (χ1n) is 7.42. The van der Waals surface area contributed by atoms with Crippen LogP contribution in [0.5, 0.6) is 0 Å². The first-order chi connectivity index (χ1) is 11.2. The minimum Gasteiger partial charge on any atom is -0.480 e. The molecule has 23 heavy (non-hydrogen) atoms. The van der Waals surface area contributed by atoms with Crippen LogP contribution >= 0.6 is 0 Å². The minimum absolute atomic E-state index is 0.253. The number of amides is 1.